The molecule has 10 heteroatoms. The van der Waals surface area contributed by atoms with E-state index in [0.29, 0.717) is 0 Å². The Hall–Kier alpha value is -3.79. The minimum Gasteiger partial charge on any atom is -0.465 e. The van der Waals surface area contributed by atoms with Crippen molar-refractivity contribution in [2.75, 3.05) is 17.1 Å². The summed E-state index contributed by atoms with van der Waals surface area (Å²) in [6, 6.07) is 13.1. The van der Waals surface area contributed by atoms with E-state index < -0.39 is 33.5 Å². The van der Waals surface area contributed by atoms with Gasteiger partial charge in [0, 0.05) is 11.3 Å². The number of carbonyl (C=O) groups is 2. The third-order valence-corrected chi connectivity index (χ3v) is 5.54. The molecule has 0 aliphatic carbocycles. The molecule has 7 nitrogen and oxygen atoms in total. The first-order valence-electron chi connectivity index (χ1n) is 8.77. The molecule has 0 saturated carbocycles. The Kier molecular flexibility index (Phi) is 6.30. The van der Waals surface area contributed by atoms with Gasteiger partial charge in [0.2, 0.25) is 0 Å². The Morgan fingerprint density at radius 3 is 2.06 bits per heavy atom. The first-order chi connectivity index (χ1) is 14.7. The maximum absolute atomic E-state index is 14.4. The standard InChI is InChI=1S/C21H16F2N2O5S/c1-30-21(27)14-4-8-16(9-5-14)25-31(28,29)17-10-11-19(18(23)12-17)24-20(26)13-2-6-15(22)7-3-13/h2-12,25H,1H3,(H,24,26). The summed E-state index contributed by atoms with van der Waals surface area (Å²) < 4.78 is 59.3. The molecular formula is C21H16F2N2O5S. The molecule has 160 valence electrons. The fraction of sp³-hybridized carbons (Fsp3) is 0.0476. The van der Waals surface area contributed by atoms with Crippen molar-refractivity contribution in [1.29, 1.82) is 0 Å². The summed E-state index contributed by atoms with van der Waals surface area (Å²) in [7, 11) is -2.92. The highest BCUT2D eigenvalue weighted by molar-refractivity contribution is 7.92. The Morgan fingerprint density at radius 2 is 1.48 bits per heavy atom. The number of halogens is 2. The van der Waals surface area contributed by atoms with Gasteiger partial charge in [-0.2, -0.15) is 0 Å². The Bertz CT molecular complexity index is 1230. The maximum Gasteiger partial charge on any atom is 0.337 e. The average molecular weight is 446 g/mol. The van der Waals surface area contributed by atoms with Crippen LogP contribution in [0.5, 0.6) is 0 Å². The lowest BCUT2D eigenvalue weighted by Gasteiger charge is -2.11. The fourth-order valence-corrected chi connectivity index (χ4v) is 3.64. The van der Waals surface area contributed by atoms with Crippen molar-refractivity contribution >= 4 is 33.3 Å². The number of sulfonamides is 1. The van der Waals surface area contributed by atoms with Crippen molar-refractivity contribution in [3.8, 4) is 0 Å². The summed E-state index contributed by atoms with van der Waals surface area (Å²) in [6.45, 7) is 0. The van der Waals surface area contributed by atoms with E-state index >= 15 is 0 Å². The molecule has 0 radical (unpaired) electrons. The topological polar surface area (TPSA) is 102 Å². The molecule has 1 amide bonds. The third-order valence-electron chi connectivity index (χ3n) is 4.16. The van der Waals surface area contributed by atoms with E-state index in [0.717, 1.165) is 30.3 Å². The molecule has 0 atom stereocenters. The van der Waals surface area contributed by atoms with Gasteiger partial charge in [-0.3, -0.25) is 9.52 Å². The summed E-state index contributed by atoms with van der Waals surface area (Å²) in [6.07, 6.45) is 0. The van der Waals surface area contributed by atoms with Crippen molar-refractivity contribution in [2.24, 2.45) is 0 Å². The average Bonchev–Trinajstić information content (AvgIpc) is 2.75. The van der Waals surface area contributed by atoms with Gasteiger partial charge in [0.1, 0.15) is 11.6 Å². The largest absolute Gasteiger partial charge is 0.465 e. The van der Waals surface area contributed by atoms with Gasteiger partial charge >= 0.3 is 5.97 Å². The number of hydrogen-bond donors (Lipinski definition) is 2. The summed E-state index contributed by atoms with van der Waals surface area (Å²) in [5.74, 6) is -2.75. The summed E-state index contributed by atoms with van der Waals surface area (Å²) in [4.78, 5) is 23.2. The number of hydrogen-bond acceptors (Lipinski definition) is 5. The molecule has 0 spiro atoms. The zero-order valence-electron chi connectivity index (χ0n) is 16.1. The van der Waals surface area contributed by atoms with E-state index in [2.05, 4.69) is 14.8 Å². The number of esters is 1. The van der Waals surface area contributed by atoms with Gasteiger partial charge in [-0.05, 0) is 66.7 Å². The number of ether oxygens (including phenoxy) is 1. The molecule has 0 saturated heterocycles. The van der Waals surface area contributed by atoms with Crippen LogP contribution in [0.1, 0.15) is 20.7 Å². The second-order valence-electron chi connectivity index (χ2n) is 6.28. The molecule has 3 rings (SSSR count). The van der Waals surface area contributed by atoms with E-state index in [1.807, 2.05) is 0 Å². The number of rotatable bonds is 6. The van der Waals surface area contributed by atoms with Crippen LogP contribution in [-0.4, -0.2) is 27.4 Å². The minimum atomic E-state index is -4.14. The van der Waals surface area contributed by atoms with E-state index in [9.17, 15) is 26.8 Å². The number of amides is 1. The van der Waals surface area contributed by atoms with Gasteiger partial charge in [0.15, 0.2) is 0 Å². The molecule has 3 aromatic carbocycles. The zero-order valence-corrected chi connectivity index (χ0v) is 16.9. The quantitative estimate of drug-likeness (QED) is 0.561. The highest BCUT2D eigenvalue weighted by Gasteiger charge is 2.18. The van der Waals surface area contributed by atoms with Gasteiger partial charge in [0.25, 0.3) is 15.9 Å². The van der Waals surface area contributed by atoms with Crippen molar-refractivity contribution in [3.05, 3.63) is 89.5 Å². The van der Waals surface area contributed by atoms with Crippen LogP contribution in [0, 0.1) is 11.6 Å². The van der Waals surface area contributed by atoms with Crippen LogP contribution >= 0.6 is 0 Å². The SMILES string of the molecule is COC(=O)c1ccc(NS(=O)(=O)c2ccc(NC(=O)c3ccc(F)cc3)c(F)c2)cc1. The Morgan fingerprint density at radius 1 is 0.871 bits per heavy atom. The van der Waals surface area contributed by atoms with Gasteiger partial charge in [-0.1, -0.05) is 0 Å². The number of nitrogens with one attached hydrogen (secondary N) is 2. The smallest absolute Gasteiger partial charge is 0.337 e. The molecule has 0 fully saturated rings. The number of carbonyl (C=O) groups excluding carboxylic acids is 2. The fourth-order valence-electron chi connectivity index (χ4n) is 2.57. The monoisotopic (exact) mass is 446 g/mol. The zero-order chi connectivity index (χ0) is 22.6. The highest BCUT2D eigenvalue weighted by atomic mass is 32.2. The van der Waals surface area contributed by atoms with Crippen LogP contribution in [0.2, 0.25) is 0 Å². The van der Waals surface area contributed by atoms with E-state index in [4.69, 9.17) is 0 Å². The molecule has 0 heterocycles. The van der Waals surface area contributed by atoms with Crippen molar-refractivity contribution in [2.45, 2.75) is 4.90 Å². The normalized spacial score (nSPS) is 10.9. The molecular weight excluding hydrogens is 430 g/mol. The summed E-state index contributed by atoms with van der Waals surface area (Å²) in [5, 5.41) is 2.30. The van der Waals surface area contributed by atoms with Gasteiger partial charge in [0.05, 0.1) is 23.3 Å². The molecule has 2 N–H and O–H groups in total. The second-order valence-corrected chi connectivity index (χ2v) is 7.96. The van der Waals surface area contributed by atoms with Crippen molar-refractivity contribution in [1.82, 2.24) is 0 Å². The van der Waals surface area contributed by atoms with E-state index in [1.54, 1.807) is 0 Å². The van der Waals surface area contributed by atoms with Crippen LogP contribution in [0.4, 0.5) is 20.2 Å². The Balaban J connectivity index is 1.75. The van der Waals surface area contributed by atoms with Crippen LogP contribution in [0.3, 0.4) is 0 Å². The lowest BCUT2D eigenvalue weighted by molar-refractivity contribution is 0.0600. The molecule has 31 heavy (non-hydrogen) atoms. The number of methoxy groups -OCH3 is 1. The van der Waals surface area contributed by atoms with Gasteiger partial charge in [-0.15, -0.1) is 0 Å². The predicted octanol–water partition coefficient (Wildman–Crippen LogP) is 3.80. The number of anilines is 2. The van der Waals surface area contributed by atoms with Crippen LogP contribution in [0.15, 0.2) is 71.6 Å². The molecule has 0 aromatic heterocycles. The minimum absolute atomic E-state index is 0.106. The van der Waals surface area contributed by atoms with Crippen molar-refractivity contribution in [3.63, 3.8) is 0 Å². The van der Waals surface area contributed by atoms with Crippen LogP contribution < -0.4 is 10.0 Å². The molecule has 0 aliphatic heterocycles. The van der Waals surface area contributed by atoms with Gasteiger partial charge < -0.3 is 10.1 Å². The molecule has 0 unspecified atom stereocenters. The van der Waals surface area contributed by atoms with Crippen LogP contribution in [-0.2, 0) is 14.8 Å². The second kappa shape index (κ2) is 8.92. The van der Waals surface area contributed by atoms with Crippen LogP contribution in [0.25, 0.3) is 0 Å². The summed E-state index contributed by atoms with van der Waals surface area (Å²) in [5.41, 5.74) is 0.254. The lowest BCUT2D eigenvalue weighted by Crippen LogP contribution is -2.15. The first-order valence-corrected chi connectivity index (χ1v) is 10.3. The molecule has 0 aliphatic rings. The first kappa shape index (κ1) is 21.9. The molecule has 0 bridgehead atoms. The predicted molar refractivity (Wildman–Crippen MR) is 109 cm³/mol. The number of benzene rings is 3. The third kappa shape index (κ3) is 5.23. The van der Waals surface area contributed by atoms with Gasteiger partial charge in [-0.25, -0.2) is 22.0 Å². The highest BCUT2D eigenvalue weighted by Crippen LogP contribution is 2.22. The van der Waals surface area contributed by atoms with E-state index in [-0.39, 0.29) is 27.4 Å². The van der Waals surface area contributed by atoms with Crippen molar-refractivity contribution < 1.29 is 31.5 Å². The summed E-state index contributed by atoms with van der Waals surface area (Å²) >= 11 is 0. The maximum atomic E-state index is 14.4. The Labute approximate surface area is 176 Å². The molecule has 3 aromatic rings. The lowest BCUT2D eigenvalue weighted by atomic mass is 10.2. The van der Waals surface area contributed by atoms with E-state index in [1.165, 1.54) is 43.5 Å².